The molecule has 2 unspecified atom stereocenters. The molecule has 2 atom stereocenters. The van der Waals surface area contributed by atoms with Crippen LogP contribution in [0, 0.1) is 0 Å². The Morgan fingerprint density at radius 2 is 2.50 bits per heavy atom. The minimum absolute atomic E-state index is 0.374. The van der Waals surface area contributed by atoms with Crippen LogP contribution in [0.25, 0.3) is 0 Å². The van der Waals surface area contributed by atoms with Gasteiger partial charge in [-0.15, -0.1) is 0 Å². The Morgan fingerprint density at radius 3 is 3.21 bits per heavy atom. The summed E-state index contributed by atoms with van der Waals surface area (Å²) in [6, 6.07) is 0.925. The Bertz CT molecular complexity index is 258. The molecule has 0 radical (unpaired) electrons. The van der Waals surface area contributed by atoms with Gasteiger partial charge in [-0.1, -0.05) is 6.42 Å². The second-order valence-electron chi connectivity index (χ2n) is 3.97. The van der Waals surface area contributed by atoms with E-state index in [4.69, 9.17) is 5.73 Å². The van der Waals surface area contributed by atoms with Crippen molar-refractivity contribution in [2.45, 2.75) is 44.3 Å². The Labute approximate surface area is 83.5 Å². The molecule has 1 aliphatic rings. The fourth-order valence-corrected chi connectivity index (χ4v) is 1.97. The molecule has 0 amide bonds. The molecule has 4 N–H and O–H groups in total. The van der Waals surface area contributed by atoms with Crippen LogP contribution in [0.1, 0.15) is 31.4 Å². The number of H-pyrrole nitrogens is 1. The minimum atomic E-state index is 0.374. The molecule has 14 heavy (non-hydrogen) atoms. The summed E-state index contributed by atoms with van der Waals surface area (Å²) in [6.07, 6.45) is 6.46. The van der Waals surface area contributed by atoms with Crippen molar-refractivity contribution in [3.8, 4) is 0 Å². The second kappa shape index (κ2) is 4.52. The predicted octanol–water partition coefficient (Wildman–Crippen LogP) is 0.164. The van der Waals surface area contributed by atoms with Crippen LogP contribution in [0.3, 0.4) is 0 Å². The number of nitrogens with two attached hydrogens (primary N) is 1. The van der Waals surface area contributed by atoms with Crippen molar-refractivity contribution < 1.29 is 0 Å². The van der Waals surface area contributed by atoms with E-state index in [1.807, 2.05) is 0 Å². The molecule has 5 nitrogen and oxygen atoms in total. The standard InChI is InChI=1S/C9H17N5/c10-7-2-1-3-8(4-7)11-5-9-6-12-14-13-9/h6-8,11H,1-5,10H2,(H,12,13,14). The number of nitrogens with zero attached hydrogens (tertiary/aromatic N) is 2. The average Bonchev–Trinajstić information content (AvgIpc) is 2.67. The zero-order chi connectivity index (χ0) is 9.80. The van der Waals surface area contributed by atoms with Crippen LogP contribution in [0.5, 0.6) is 0 Å². The predicted molar refractivity (Wildman–Crippen MR) is 53.5 cm³/mol. The monoisotopic (exact) mass is 195 g/mol. The molecule has 0 aromatic carbocycles. The number of nitrogens with one attached hydrogen (secondary N) is 2. The van der Waals surface area contributed by atoms with Gasteiger partial charge in [-0.3, -0.25) is 0 Å². The highest BCUT2D eigenvalue weighted by Crippen LogP contribution is 2.16. The highest BCUT2D eigenvalue weighted by molar-refractivity contribution is 4.91. The van der Waals surface area contributed by atoms with E-state index in [9.17, 15) is 0 Å². The molecular weight excluding hydrogens is 178 g/mol. The maximum atomic E-state index is 5.90. The molecular formula is C9H17N5. The number of hydrogen-bond acceptors (Lipinski definition) is 4. The summed E-state index contributed by atoms with van der Waals surface area (Å²) >= 11 is 0. The van der Waals surface area contributed by atoms with Crippen LogP contribution < -0.4 is 11.1 Å². The zero-order valence-electron chi connectivity index (χ0n) is 8.24. The van der Waals surface area contributed by atoms with Gasteiger partial charge >= 0.3 is 0 Å². The van der Waals surface area contributed by atoms with E-state index in [1.54, 1.807) is 6.20 Å². The minimum Gasteiger partial charge on any atom is -0.328 e. The molecule has 1 saturated carbocycles. The number of hydrogen-bond donors (Lipinski definition) is 3. The van der Waals surface area contributed by atoms with Crippen LogP contribution in [-0.2, 0) is 6.54 Å². The van der Waals surface area contributed by atoms with Gasteiger partial charge in [-0.2, -0.15) is 15.4 Å². The second-order valence-corrected chi connectivity index (χ2v) is 3.97. The van der Waals surface area contributed by atoms with Crippen molar-refractivity contribution in [1.82, 2.24) is 20.7 Å². The topological polar surface area (TPSA) is 79.6 Å². The third-order valence-electron chi connectivity index (χ3n) is 2.75. The van der Waals surface area contributed by atoms with Gasteiger partial charge in [0.25, 0.3) is 0 Å². The normalized spacial score (nSPS) is 27.8. The van der Waals surface area contributed by atoms with Gasteiger partial charge in [-0.05, 0) is 19.3 Å². The molecule has 1 heterocycles. The van der Waals surface area contributed by atoms with E-state index in [0.29, 0.717) is 12.1 Å². The Balaban J connectivity index is 1.75. The number of rotatable bonds is 3. The summed E-state index contributed by atoms with van der Waals surface area (Å²) in [4.78, 5) is 0. The van der Waals surface area contributed by atoms with Crippen LogP contribution in [0.15, 0.2) is 6.20 Å². The van der Waals surface area contributed by atoms with Gasteiger partial charge in [0.15, 0.2) is 0 Å². The Hall–Kier alpha value is -0.940. The van der Waals surface area contributed by atoms with Crippen molar-refractivity contribution in [2.75, 3.05) is 0 Å². The maximum Gasteiger partial charge on any atom is 0.0962 e. The maximum absolute atomic E-state index is 5.90. The molecule has 0 aliphatic heterocycles. The van der Waals surface area contributed by atoms with Gasteiger partial charge in [0.05, 0.1) is 11.9 Å². The van der Waals surface area contributed by atoms with E-state index in [2.05, 4.69) is 20.7 Å². The van der Waals surface area contributed by atoms with Crippen molar-refractivity contribution in [3.05, 3.63) is 11.9 Å². The molecule has 78 valence electrons. The largest absolute Gasteiger partial charge is 0.328 e. The highest BCUT2D eigenvalue weighted by Gasteiger charge is 2.18. The zero-order valence-corrected chi connectivity index (χ0v) is 8.24. The van der Waals surface area contributed by atoms with Crippen LogP contribution in [0.2, 0.25) is 0 Å². The molecule has 0 saturated heterocycles. The molecule has 1 aliphatic carbocycles. The van der Waals surface area contributed by atoms with E-state index < -0.39 is 0 Å². The molecule has 1 aromatic heterocycles. The smallest absolute Gasteiger partial charge is 0.0962 e. The fraction of sp³-hybridized carbons (Fsp3) is 0.778. The lowest BCUT2D eigenvalue weighted by molar-refractivity contribution is 0.337. The quantitative estimate of drug-likeness (QED) is 0.642. The molecule has 1 fully saturated rings. The van der Waals surface area contributed by atoms with Crippen molar-refractivity contribution in [1.29, 1.82) is 0 Å². The van der Waals surface area contributed by atoms with Gasteiger partial charge in [0, 0.05) is 18.6 Å². The highest BCUT2D eigenvalue weighted by atomic mass is 15.3. The summed E-state index contributed by atoms with van der Waals surface area (Å²) in [5.74, 6) is 0. The summed E-state index contributed by atoms with van der Waals surface area (Å²) in [5.41, 5.74) is 6.86. The SMILES string of the molecule is NC1CCCC(NCc2cn[nH]n2)C1. The van der Waals surface area contributed by atoms with Crippen molar-refractivity contribution >= 4 is 0 Å². The number of aromatic amines is 1. The van der Waals surface area contributed by atoms with Crippen molar-refractivity contribution in [2.24, 2.45) is 5.73 Å². The Morgan fingerprint density at radius 1 is 1.57 bits per heavy atom. The van der Waals surface area contributed by atoms with Gasteiger partial charge in [0.2, 0.25) is 0 Å². The molecule has 0 bridgehead atoms. The summed E-state index contributed by atoms with van der Waals surface area (Å²) in [7, 11) is 0. The fourth-order valence-electron chi connectivity index (χ4n) is 1.97. The lowest BCUT2D eigenvalue weighted by Gasteiger charge is -2.27. The third-order valence-corrected chi connectivity index (χ3v) is 2.75. The van der Waals surface area contributed by atoms with E-state index in [0.717, 1.165) is 18.7 Å². The molecule has 0 spiro atoms. The first-order valence-electron chi connectivity index (χ1n) is 5.18. The third kappa shape index (κ3) is 2.52. The summed E-state index contributed by atoms with van der Waals surface area (Å²) < 4.78 is 0. The van der Waals surface area contributed by atoms with Gasteiger partial charge < -0.3 is 11.1 Å². The van der Waals surface area contributed by atoms with Crippen molar-refractivity contribution in [3.63, 3.8) is 0 Å². The summed E-state index contributed by atoms with van der Waals surface area (Å²) in [6.45, 7) is 0.786. The summed E-state index contributed by atoms with van der Waals surface area (Å²) in [5, 5.41) is 13.8. The lowest BCUT2D eigenvalue weighted by atomic mass is 9.91. The van der Waals surface area contributed by atoms with E-state index >= 15 is 0 Å². The van der Waals surface area contributed by atoms with E-state index in [-0.39, 0.29) is 0 Å². The Kier molecular flexibility index (Phi) is 3.10. The first-order chi connectivity index (χ1) is 6.84. The van der Waals surface area contributed by atoms with Crippen LogP contribution >= 0.6 is 0 Å². The first-order valence-corrected chi connectivity index (χ1v) is 5.18. The molecule has 5 heteroatoms. The lowest BCUT2D eigenvalue weighted by Crippen LogP contribution is -2.39. The number of aromatic nitrogens is 3. The van der Waals surface area contributed by atoms with Crippen LogP contribution in [0.4, 0.5) is 0 Å². The van der Waals surface area contributed by atoms with Crippen LogP contribution in [-0.4, -0.2) is 27.5 Å². The average molecular weight is 195 g/mol. The first kappa shape index (κ1) is 9.61. The molecule has 2 rings (SSSR count). The van der Waals surface area contributed by atoms with Gasteiger partial charge in [-0.25, -0.2) is 0 Å². The van der Waals surface area contributed by atoms with E-state index in [1.165, 1.54) is 19.3 Å². The van der Waals surface area contributed by atoms with Gasteiger partial charge in [0.1, 0.15) is 0 Å². The molecule has 1 aromatic rings.